The third-order valence-corrected chi connectivity index (χ3v) is 7.73. The Morgan fingerprint density at radius 1 is 1.00 bits per heavy atom. The molecule has 0 amide bonds. The topological polar surface area (TPSA) is 24.9 Å². The van der Waals surface area contributed by atoms with E-state index < -0.39 is 8.72 Å². The Morgan fingerprint density at radius 2 is 1.63 bits per heavy atom. The van der Waals surface area contributed by atoms with Crippen LogP contribution in [0, 0.1) is 0 Å². The molecule has 0 radical (unpaired) electrons. The minimum atomic E-state index is -2.07. The smallest absolute Gasteiger partial charge is 0.386 e. The molecule has 4 nitrogen and oxygen atoms in total. The summed E-state index contributed by atoms with van der Waals surface area (Å²) in [6.07, 6.45) is 5.00. The maximum atomic E-state index is 5.82. The van der Waals surface area contributed by atoms with Gasteiger partial charge in [0.1, 0.15) is 0 Å². The summed E-state index contributed by atoms with van der Waals surface area (Å²) >= 11 is 0. The Morgan fingerprint density at radius 3 is 2.16 bits per heavy atom. The molecule has 1 saturated heterocycles. The zero-order chi connectivity index (χ0) is 14.1. The lowest BCUT2D eigenvalue weighted by Gasteiger charge is -2.42. The number of nitrogens with zero attached hydrogens (tertiary/aromatic N) is 2. The van der Waals surface area contributed by atoms with Crippen LogP contribution in [0.15, 0.2) is 0 Å². The molecule has 19 heavy (non-hydrogen) atoms. The molecule has 1 heterocycles. The molecule has 114 valence electrons. The van der Waals surface area contributed by atoms with E-state index in [1.54, 1.807) is 0 Å². The number of hydrogen-bond acceptors (Lipinski definition) is 4. The SMILES string of the molecule is CCCN(CCC)CCN1CCCC[Si]1(OC)OC. The lowest BCUT2D eigenvalue weighted by atomic mass is 10.3. The van der Waals surface area contributed by atoms with Gasteiger partial charge in [-0.1, -0.05) is 13.8 Å². The first-order chi connectivity index (χ1) is 9.22. The van der Waals surface area contributed by atoms with E-state index in [0.29, 0.717) is 0 Å². The fraction of sp³-hybridized carbons (Fsp3) is 1.00. The van der Waals surface area contributed by atoms with Crippen LogP contribution in [0.25, 0.3) is 0 Å². The van der Waals surface area contributed by atoms with Crippen molar-refractivity contribution in [2.24, 2.45) is 0 Å². The number of rotatable bonds is 9. The monoisotopic (exact) mass is 288 g/mol. The van der Waals surface area contributed by atoms with Crippen molar-refractivity contribution >= 4 is 8.72 Å². The van der Waals surface area contributed by atoms with Crippen LogP contribution in [0.1, 0.15) is 39.5 Å². The second kappa shape index (κ2) is 9.08. The quantitative estimate of drug-likeness (QED) is 0.608. The van der Waals surface area contributed by atoms with Gasteiger partial charge in [0.25, 0.3) is 0 Å². The molecule has 0 unspecified atom stereocenters. The molecule has 0 spiro atoms. The first kappa shape index (κ1) is 17.1. The first-order valence-corrected chi connectivity index (χ1v) is 9.77. The molecule has 0 N–H and O–H groups in total. The maximum Gasteiger partial charge on any atom is 0.427 e. The Hall–Kier alpha value is 0.0569. The zero-order valence-electron chi connectivity index (χ0n) is 13.3. The van der Waals surface area contributed by atoms with E-state index in [4.69, 9.17) is 8.85 Å². The van der Waals surface area contributed by atoms with E-state index in [1.807, 2.05) is 14.2 Å². The van der Waals surface area contributed by atoms with Crippen LogP contribution in [0.5, 0.6) is 0 Å². The summed E-state index contributed by atoms with van der Waals surface area (Å²) in [5.74, 6) is 0. The van der Waals surface area contributed by atoms with Crippen molar-refractivity contribution in [3.63, 3.8) is 0 Å². The van der Waals surface area contributed by atoms with Gasteiger partial charge in [0, 0.05) is 33.4 Å². The van der Waals surface area contributed by atoms with Gasteiger partial charge in [-0.05, 0) is 45.3 Å². The highest BCUT2D eigenvalue weighted by molar-refractivity contribution is 6.64. The van der Waals surface area contributed by atoms with Crippen molar-refractivity contribution in [3.05, 3.63) is 0 Å². The van der Waals surface area contributed by atoms with Crippen molar-refractivity contribution in [1.29, 1.82) is 0 Å². The van der Waals surface area contributed by atoms with Crippen LogP contribution in [-0.2, 0) is 8.85 Å². The Bertz CT molecular complexity index is 231. The molecular weight excluding hydrogens is 256 g/mol. The van der Waals surface area contributed by atoms with Crippen LogP contribution in [0.4, 0.5) is 0 Å². The Kier molecular flexibility index (Phi) is 8.17. The second-order valence-corrected chi connectivity index (χ2v) is 8.78. The molecule has 0 bridgehead atoms. The molecule has 5 heteroatoms. The molecule has 0 aromatic heterocycles. The van der Waals surface area contributed by atoms with Crippen molar-refractivity contribution in [2.45, 2.75) is 45.6 Å². The van der Waals surface area contributed by atoms with Crippen LogP contribution >= 0.6 is 0 Å². The van der Waals surface area contributed by atoms with Gasteiger partial charge in [-0.25, -0.2) is 0 Å². The maximum absolute atomic E-state index is 5.82. The van der Waals surface area contributed by atoms with Gasteiger partial charge in [-0.15, -0.1) is 0 Å². The van der Waals surface area contributed by atoms with Gasteiger partial charge < -0.3 is 13.8 Å². The summed E-state index contributed by atoms with van der Waals surface area (Å²) in [6, 6.07) is 1.11. The third-order valence-electron chi connectivity index (χ3n) is 4.06. The van der Waals surface area contributed by atoms with Crippen molar-refractivity contribution < 1.29 is 8.85 Å². The minimum Gasteiger partial charge on any atom is -0.386 e. The highest BCUT2D eigenvalue weighted by Gasteiger charge is 2.44. The van der Waals surface area contributed by atoms with Crippen molar-refractivity contribution in [3.8, 4) is 0 Å². The van der Waals surface area contributed by atoms with E-state index in [-0.39, 0.29) is 0 Å². The first-order valence-electron chi connectivity index (χ1n) is 7.80. The van der Waals surface area contributed by atoms with E-state index in [9.17, 15) is 0 Å². The van der Waals surface area contributed by atoms with Crippen molar-refractivity contribution in [2.75, 3.05) is 46.9 Å². The minimum absolute atomic E-state index is 1.09. The van der Waals surface area contributed by atoms with E-state index >= 15 is 0 Å². The van der Waals surface area contributed by atoms with Gasteiger partial charge in [0.2, 0.25) is 0 Å². The third kappa shape index (κ3) is 4.83. The van der Waals surface area contributed by atoms with Crippen LogP contribution in [0.3, 0.4) is 0 Å². The predicted octanol–water partition coefficient (Wildman–Crippen LogP) is 2.44. The molecule has 1 aliphatic rings. The fourth-order valence-electron chi connectivity index (χ4n) is 3.04. The highest BCUT2D eigenvalue weighted by Crippen LogP contribution is 2.25. The van der Waals surface area contributed by atoms with E-state index in [1.165, 1.54) is 38.8 Å². The normalized spacial score (nSPS) is 20.1. The summed E-state index contributed by atoms with van der Waals surface area (Å²) in [4.78, 5) is 2.57. The predicted molar refractivity (Wildman–Crippen MR) is 82.4 cm³/mol. The summed E-state index contributed by atoms with van der Waals surface area (Å²) in [6.45, 7) is 10.3. The molecule has 0 aromatic rings. The molecular formula is C14H32N2O2Si. The van der Waals surface area contributed by atoms with Gasteiger partial charge in [-0.2, -0.15) is 0 Å². The highest BCUT2D eigenvalue weighted by atomic mass is 28.4. The molecule has 0 aromatic carbocycles. The van der Waals surface area contributed by atoms with Gasteiger partial charge in [0.15, 0.2) is 0 Å². The molecule has 0 aliphatic carbocycles. The molecule has 1 aliphatic heterocycles. The van der Waals surface area contributed by atoms with Crippen LogP contribution in [0.2, 0.25) is 6.04 Å². The summed E-state index contributed by atoms with van der Waals surface area (Å²) in [5.41, 5.74) is 0. The average Bonchev–Trinajstić information content (AvgIpc) is 2.45. The van der Waals surface area contributed by atoms with Gasteiger partial charge in [-0.3, -0.25) is 4.57 Å². The zero-order valence-corrected chi connectivity index (χ0v) is 14.3. The average molecular weight is 289 g/mol. The van der Waals surface area contributed by atoms with Gasteiger partial charge in [0.05, 0.1) is 0 Å². The van der Waals surface area contributed by atoms with E-state index in [0.717, 1.165) is 25.7 Å². The second-order valence-electron chi connectivity index (χ2n) is 5.41. The lowest BCUT2D eigenvalue weighted by Crippen LogP contribution is -2.61. The fourth-order valence-corrected chi connectivity index (χ4v) is 6.08. The van der Waals surface area contributed by atoms with Crippen molar-refractivity contribution in [1.82, 2.24) is 9.47 Å². The van der Waals surface area contributed by atoms with Crippen LogP contribution in [-0.4, -0.2) is 65.1 Å². The summed E-state index contributed by atoms with van der Waals surface area (Å²) < 4.78 is 14.1. The Labute approximate surface area is 120 Å². The van der Waals surface area contributed by atoms with Gasteiger partial charge >= 0.3 is 8.72 Å². The molecule has 0 atom stereocenters. The van der Waals surface area contributed by atoms with Crippen LogP contribution < -0.4 is 0 Å². The lowest BCUT2D eigenvalue weighted by molar-refractivity contribution is 0.135. The standard InChI is InChI=1S/C14H32N2O2Si/c1-5-9-15(10-6-2)12-13-16-11-7-8-14-19(16,17-3)18-4/h5-14H2,1-4H3. The molecule has 1 fully saturated rings. The summed E-state index contributed by atoms with van der Waals surface area (Å²) in [7, 11) is 1.58. The largest absolute Gasteiger partial charge is 0.427 e. The Balaban J connectivity index is 2.52. The summed E-state index contributed by atoms with van der Waals surface area (Å²) in [5, 5.41) is 0. The number of hydrogen-bond donors (Lipinski definition) is 0. The van der Waals surface area contributed by atoms with E-state index in [2.05, 4.69) is 23.3 Å². The molecule has 0 saturated carbocycles. The molecule has 1 rings (SSSR count).